The van der Waals surface area contributed by atoms with Crippen LogP contribution >= 0.6 is 0 Å². The van der Waals surface area contributed by atoms with Crippen LogP contribution in [0.15, 0.2) is 36.7 Å². The Kier molecular flexibility index (Phi) is 7.85. The third-order valence-corrected chi connectivity index (χ3v) is 6.35. The molecule has 0 radical (unpaired) electrons. The molecule has 1 saturated heterocycles. The van der Waals surface area contributed by atoms with Crippen molar-refractivity contribution in [2.45, 2.75) is 73.3 Å². The maximum atomic E-state index is 11.7. The summed E-state index contributed by atoms with van der Waals surface area (Å²) in [7, 11) is 0. The van der Waals surface area contributed by atoms with E-state index in [1.807, 2.05) is 26.1 Å². The molecular formula is C29H39N3O3. The molecule has 1 aromatic carbocycles. The Morgan fingerprint density at radius 3 is 2.29 bits per heavy atom. The van der Waals surface area contributed by atoms with E-state index in [1.54, 1.807) is 27.0 Å². The number of aromatic nitrogens is 2. The fourth-order valence-corrected chi connectivity index (χ4v) is 4.50. The van der Waals surface area contributed by atoms with Crippen LogP contribution in [0.5, 0.6) is 0 Å². The number of carbonyl (C=O) groups is 1. The summed E-state index contributed by atoms with van der Waals surface area (Å²) in [4.78, 5) is 23.1. The molecule has 1 fully saturated rings. The zero-order valence-corrected chi connectivity index (χ0v) is 22.1. The van der Waals surface area contributed by atoms with Crippen LogP contribution in [-0.4, -0.2) is 44.8 Å². The Labute approximate surface area is 209 Å². The van der Waals surface area contributed by atoms with Gasteiger partial charge in [-0.1, -0.05) is 26.0 Å². The van der Waals surface area contributed by atoms with Crippen molar-refractivity contribution >= 4 is 22.4 Å². The summed E-state index contributed by atoms with van der Waals surface area (Å²) < 4.78 is 0. The Hall–Kier alpha value is -2.99. The maximum Gasteiger partial charge on any atom is 0.307 e. The van der Waals surface area contributed by atoms with Crippen LogP contribution in [0.25, 0.3) is 21.9 Å². The van der Waals surface area contributed by atoms with Crippen molar-refractivity contribution in [2.24, 2.45) is 5.41 Å². The Balaban J connectivity index is 0.000000623. The Bertz CT molecular complexity index is 1200. The molecule has 0 atom stereocenters. The Morgan fingerprint density at radius 1 is 1.06 bits per heavy atom. The normalized spacial score (nSPS) is 15.5. The standard InChI is InChI=1S/C25H29N3O2.C4H10O/c1-16-21(14-22(29)30)24(28-11-8-25(3,4)9-12-28)23(17(2)27-16)19-6-5-18-7-10-26-15-20(18)13-19;1-4(2,3)5/h5-7,10,13,15H,8-9,11-12,14H2,1-4H3,(H,29,30);5H,1-3H3. The van der Waals surface area contributed by atoms with Crippen molar-refractivity contribution in [1.82, 2.24) is 9.97 Å². The summed E-state index contributed by atoms with van der Waals surface area (Å²) in [5.41, 5.74) is 5.53. The molecule has 1 aliphatic heterocycles. The van der Waals surface area contributed by atoms with Crippen molar-refractivity contribution in [1.29, 1.82) is 0 Å². The molecule has 0 spiro atoms. The summed E-state index contributed by atoms with van der Waals surface area (Å²) in [6.07, 6.45) is 5.82. The van der Waals surface area contributed by atoms with Crippen LogP contribution in [0.4, 0.5) is 5.69 Å². The van der Waals surface area contributed by atoms with Crippen molar-refractivity contribution in [2.75, 3.05) is 18.0 Å². The molecule has 2 aromatic heterocycles. The number of piperidine rings is 1. The van der Waals surface area contributed by atoms with Gasteiger partial charge in [-0.2, -0.15) is 0 Å². The SMILES string of the molecule is CC(C)(C)O.Cc1nc(C)c(-c2ccc3ccncc3c2)c(N2CCC(C)(C)CC2)c1CC(=O)O. The minimum absolute atomic E-state index is 0.0174. The van der Waals surface area contributed by atoms with Gasteiger partial charge in [0.2, 0.25) is 0 Å². The van der Waals surface area contributed by atoms with Gasteiger partial charge >= 0.3 is 5.97 Å². The molecule has 6 nitrogen and oxygen atoms in total. The summed E-state index contributed by atoms with van der Waals surface area (Å²) in [6.45, 7) is 15.6. The maximum absolute atomic E-state index is 11.7. The number of hydrogen-bond acceptors (Lipinski definition) is 5. The van der Waals surface area contributed by atoms with Crippen molar-refractivity contribution in [3.05, 3.63) is 53.6 Å². The number of rotatable bonds is 4. The second-order valence-corrected chi connectivity index (χ2v) is 11.3. The smallest absolute Gasteiger partial charge is 0.307 e. The van der Waals surface area contributed by atoms with Gasteiger partial charge in [-0.25, -0.2) is 0 Å². The lowest BCUT2D eigenvalue weighted by Crippen LogP contribution is -2.38. The van der Waals surface area contributed by atoms with E-state index in [1.165, 1.54) is 0 Å². The average molecular weight is 478 g/mol. The highest BCUT2D eigenvalue weighted by Gasteiger charge is 2.30. The van der Waals surface area contributed by atoms with Crippen LogP contribution in [0.1, 0.15) is 64.4 Å². The predicted octanol–water partition coefficient (Wildman–Crippen LogP) is 5.94. The van der Waals surface area contributed by atoms with Crippen molar-refractivity contribution < 1.29 is 15.0 Å². The van der Waals surface area contributed by atoms with E-state index < -0.39 is 11.6 Å². The lowest BCUT2D eigenvalue weighted by Gasteiger charge is -2.40. The summed E-state index contributed by atoms with van der Waals surface area (Å²) in [5.74, 6) is -0.823. The molecule has 1 aliphatic rings. The topological polar surface area (TPSA) is 86.6 Å². The number of fused-ring (bicyclic) bond motifs is 1. The minimum atomic E-state index is -0.823. The minimum Gasteiger partial charge on any atom is -0.481 e. The fraction of sp³-hybridized carbons (Fsp3) is 0.483. The van der Waals surface area contributed by atoms with Gasteiger partial charge in [0, 0.05) is 53.4 Å². The number of carboxylic acid groups (broad SMARTS) is 1. The van der Waals surface area contributed by atoms with E-state index in [0.29, 0.717) is 5.41 Å². The predicted molar refractivity (Wildman–Crippen MR) is 143 cm³/mol. The monoisotopic (exact) mass is 477 g/mol. The molecule has 0 aliphatic carbocycles. The molecule has 4 rings (SSSR count). The van der Waals surface area contributed by atoms with Gasteiger partial charge in [-0.15, -0.1) is 0 Å². The van der Waals surface area contributed by atoms with Gasteiger partial charge in [-0.3, -0.25) is 14.8 Å². The van der Waals surface area contributed by atoms with Gasteiger partial charge in [0.25, 0.3) is 0 Å². The zero-order valence-electron chi connectivity index (χ0n) is 22.1. The van der Waals surface area contributed by atoms with E-state index in [0.717, 1.165) is 70.5 Å². The molecule has 188 valence electrons. The van der Waals surface area contributed by atoms with Gasteiger partial charge in [-0.05, 0) is 76.0 Å². The fourth-order valence-electron chi connectivity index (χ4n) is 4.50. The first-order valence-corrected chi connectivity index (χ1v) is 12.3. The molecule has 0 unspecified atom stereocenters. The molecule has 3 aromatic rings. The first kappa shape index (κ1) is 26.6. The third-order valence-electron chi connectivity index (χ3n) is 6.35. The second kappa shape index (κ2) is 10.3. The first-order chi connectivity index (χ1) is 16.2. The molecule has 35 heavy (non-hydrogen) atoms. The molecular weight excluding hydrogens is 438 g/mol. The molecule has 0 bridgehead atoms. The Morgan fingerprint density at radius 2 is 1.69 bits per heavy atom. The van der Waals surface area contributed by atoms with Gasteiger partial charge in [0.1, 0.15) is 0 Å². The molecule has 0 amide bonds. The van der Waals surface area contributed by atoms with E-state index in [2.05, 4.69) is 41.9 Å². The van der Waals surface area contributed by atoms with Crippen LogP contribution in [-0.2, 0) is 11.2 Å². The number of aryl methyl sites for hydroxylation is 2. The molecule has 0 saturated carbocycles. The first-order valence-electron chi connectivity index (χ1n) is 12.3. The summed E-state index contributed by atoms with van der Waals surface area (Å²) >= 11 is 0. The summed E-state index contributed by atoms with van der Waals surface area (Å²) in [5, 5.41) is 20.3. The molecule has 3 heterocycles. The van der Waals surface area contributed by atoms with Gasteiger partial charge < -0.3 is 15.1 Å². The van der Waals surface area contributed by atoms with E-state index >= 15 is 0 Å². The number of pyridine rings is 2. The van der Waals surface area contributed by atoms with Crippen molar-refractivity contribution in [3.8, 4) is 11.1 Å². The van der Waals surface area contributed by atoms with Crippen LogP contribution in [0.2, 0.25) is 0 Å². The van der Waals surface area contributed by atoms with E-state index in [9.17, 15) is 9.90 Å². The van der Waals surface area contributed by atoms with Crippen LogP contribution in [0.3, 0.4) is 0 Å². The number of benzene rings is 1. The molecule has 6 heteroatoms. The van der Waals surface area contributed by atoms with E-state index in [4.69, 9.17) is 10.1 Å². The largest absolute Gasteiger partial charge is 0.481 e. The highest BCUT2D eigenvalue weighted by molar-refractivity contribution is 5.92. The van der Waals surface area contributed by atoms with Crippen LogP contribution < -0.4 is 4.90 Å². The van der Waals surface area contributed by atoms with Gasteiger partial charge in [0.15, 0.2) is 0 Å². The number of hydrogen-bond donors (Lipinski definition) is 2. The second-order valence-electron chi connectivity index (χ2n) is 11.3. The quantitative estimate of drug-likeness (QED) is 0.483. The highest BCUT2D eigenvalue weighted by Crippen LogP contribution is 2.42. The number of anilines is 1. The number of aliphatic hydroxyl groups is 1. The third kappa shape index (κ3) is 7.01. The van der Waals surface area contributed by atoms with E-state index in [-0.39, 0.29) is 6.42 Å². The lowest BCUT2D eigenvalue weighted by molar-refractivity contribution is -0.136. The van der Waals surface area contributed by atoms with Gasteiger partial charge in [0.05, 0.1) is 17.7 Å². The highest BCUT2D eigenvalue weighted by atomic mass is 16.4. The zero-order chi connectivity index (χ0) is 26.0. The number of carboxylic acids is 1. The summed E-state index contributed by atoms with van der Waals surface area (Å²) in [6, 6.07) is 8.36. The number of aliphatic carboxylic acids is 1. The number of nitrogens with zero attached hydrogens (tertiary/aromatic N) is 3. The average Bonchev–Trinajstić information content (AvgIpc) is 2.74. The molecule has 2 N–H and O–H groups in total. The lowest BCUT2D eigenvalue weighted by atomic mass is 9.82. The van der Waals surface area contributed by atoms with Crippen LogP contribution in [0, 0.1) is 19.3 Å². The van der Waals surface area contributed by atoms with Crippen molar-refractivity contribution in [3.63, 3.8) is 0 Å².